The number of carbonyl (C=O) groups excluding carboxylic acids is 1. The van der Waals surface area contributed by atoms with Gasteiger partial charge in [0.15, 0.2) is 0 Å². The van der Waals surface area contributed by atoms with Gasteiger partial charge in [-0.1, -0.05) is 18.2 Å². The molecular weight excluding hydrogens is 328 g/mol. The van der Waals surface area contributed by atoms with Crippen molar-refractivity contribution in [2.75, 3.05) is 11.3 Å². The topological polar surface area (TPSA) is 84.5 Å². The van der Waals surface area contributed by atoms with Crippen LogP contribution in [-0.2, 0) is 14.8 Å². The van der Waals surface area contributed by atoms with Gasteiger partial charge in [0, 0.05) is 5.69 Å². The van der Waals surface area contributed by atoms with Gasteiger partial charge in [0.25, 0.3) is 10.0 Å². The Balaban J connectivity index is 1.77. The number of amides is 1. The van der Waals surface area contributed by atoms with Crippen molar-refractivity contribution in [3.8, 4) is 0 Å². The normalized spacial score (nSPS) is 17.2. The molecule has 1 fully saturated rings. The third kappa shape index (κ3) is 3.35. The van der Waals surface area contributed by atoms with E-state index in [0.717, 1.165) is 16.7 Å². The van der Waals surface area contributed by atoms with Gasteiger partial charge in [-0.3, -0.25) is 4.72 Å². The Morgan fingerprint density at radius 2 is 1.79 bits per heavy atom. The lowest BCUT2D eigenvalue weighted by Gasteiger charge is -2.12. The number of benzene rings is 2. The van der Waals surface area contributed by atoms with E-state index in [9.17, 15) is 13.2 Å². The minimum absolute atomic E-state index is 0.226. The Morgan fingerprint density at radius 1 is 1.08 bits per heavy atom. The number of sulfonamides is 1. The highest BCUT2D eigenvalue weighted by Crippen LogP contribution is 2.24. The number of hydrogen-bond donors (Lipinski definition) is 2. The quantitative estimate of drug-likeness (QED) is 0.891. The predicted octanol–water partition coefficient (Wildman–Crippen LogP) is 2.89. The van der Waals surface area contributed by atoms with Gasteiger partial charge in [0.2, 0.25) is 0 Å². The van der Waals surface area contributed by atoms with Crippen molar-refractivity contribution in [3.63, 3.8) is 0 Å². The first kappa shape index (κ1) is 16.3. The van der Waals surface area contributed by atoms with Gasteiger partial charge in [0.1, 0.15) is 6.10 Å². The molecule has 1 aliphatic rings. The summed E-state index contributed by atoms with van der Waals surface area (Å²) in [5, 5.41) is 2.58. The van der Waals surface area contributed by atoms with Gasteiger partial charge in [-0.15, -0.1) is 0 Å². The molecule has 0 aliphatic carbocycles. The molecule has 2 N–H and O–H groups in total. The van der Waals surface area contributed by atoms with E-state index in [1.165, 1.54) is 0 Å². The van der Waals surface area contributed by atoms with Gasteiger partial charge in [-0.2, -0.15) is 0 Å². The van der Waals surface area contributed by atoms with Crippen molar-refractivity contribution in [3.05, 3.63) is 59.2 Å². The molecule has 1 saturated heterocycles. The highest BCUT2D eigenvalue weighted by Gasteiger charge is 2.24. The van der Waals surface area contributed by atoms with Crippen LogP contribution in [0.25, 0.3) is 0 Å². The number of cyclic esters (lactones) is 1. The Hall–Kier alpha value is -2.54. The largest absolute Gasteiger partial charge is 0.439 e. The number of aryl methyl sites for hydroxylation is 2. The molecule has 0 saturated carbocycles. The van der Waals surface area contributed by atoms with E-state index in [0.29, 0.717) is 12.2 Å². The number of carbonyl (C=O) groups is 1. The van der Waals surface area contributed by atoms with E-state index in [1.807, 2.05) is 13.8 Å². The summed E-state index contributed by atoms with van der Waals surface area (Å²) >= 11 is 0. The summed E-state index contributed by atoms with van der Waals surface area (Å²) in [7, 11) is -3.64. The van der Waals surface area contributed by atoms with Gasteiger partial charge in [0.05, 0.1) is 11.4 Å². The maximum atomic E-state index is 12.5. The summed E-state index contributed by atoms with van der Waals surface area (Å²) in [5.74, 6) is 0. The third-order valence-corrected chi connectivity index (χ3v) is 5.38. The Kier molecular flexibility index (Phi) is 4.19. The molecule has 1 atom stereocenters. The molecule has 1 unspecified atom stereocenters. The molecule has 126 valence electrons. The van der Waals surface area contributed by atoms with Crippen LogP contribution in [0.1, 0.15) is 22.8 Å². The van der Waals surface area contributed by atoms with Crippen LogP contribution in [0.4, 0.5) is 10.5 Å². The maximum absolute atomic E-state index is 12.5. The first-order valence-corrected chi connectivity index (χ1v) is 8.98. The lowest BCUT2D eigenvalue weighted by Crippen LogP contribution is -2.13. The molecule has 7 heteroatoms. The monoisotopic (exact) mass is 346 g/mol. The minimum Gasteiger partial charge on any atom is -0.439 e. The Labute approximate surface area is 140 Å². The van der Waals surface area contributed by atoms with Crippen molar-refractivity contribution in [1.29, 1.82) is 0 Å². The van der Waals surface area contributed by atoms with Crippen LogP contribution in [0.5, 0.6) is 0 Å². The SMILES string of the molecule is Cc1ccc(S(=O)(=O)Nc2ccc(C3CNC(=O)O3)cc2)cc1C. The smallest absolute Gasteiger partial charge is 0.407 e. The molecule has 2 aromatic rings. The fourth-order valence-electron chi connectivity index (χ4n) is 2.44. The molecule has 0 bridgehead atoms. The number of rotatable bonds is 4. The molecule has 1 amide bonds. The lowest BCUT2D eigenvalue weighted by atomic mass is 10.1. The second kappa shape index (κ2) is 6.16. The van der Waals surface area contributed by atoms with Gasteiger partial charge in [-0.25, -0.2) is 13.2 Å². The summed E-state index contributed by atoms with van der Waals surface area (Å²) in [6, 6.07) is 11.8. The zero-order chi connectivity index (χ0) is 17.3. The van der Waals surface area contributed by atoms with Crippen LogP contribution in [0.2, 0.25) is 0 Å². The fraction of sp³-hybridized carbons (Fsp3) is 0.235. The molecule has 0 spiro atoms. The standard InChI is InChI=1S/C17H18N2O4S/c1-11-3-8-15(9-12(11)2)24(21,22)19-14-6-4-13(5-7-14)16-10-18-17(20)23-16/h3-9,16,19H,10H2,1-2H3,(H,18,20). The highest BCUT2D eigenvalue weighted by atomic mass is 32.2. The molecule has 0 aromatic heterocycles. The van der Waals surface area contributed by atoms with Crippen LogP contribution in [0.15, 0.2) is 47.4 Å². The number of alkyl carbamates (subject to hydrolysis) is 1. The second-order valence-electron chi connectivity index (χ2n) is 5.75. The van der Waals surface area contributed by atoms with Crippen LogP contribution >= 0.6 is 0 Å². The van der Waals surface area contributed by atoms with Gasteiger partial charge < -0.3 is 10.1 Å². The average Bonchev–Trinajstić information content (AvgIpc) is 2.97. The van der Waals surface area contributed by atoms with E-state index >= 15 is 0 Å². The fourth-order valence-corrected chi connectivity index (χ4v) is 3.58. The zero-order valence-electron chi connectivity index (χ0n) is 13.4. The molecule has 3 rings (SSSR count). The average molecular weight is 346 g/mol. The van der Waals surface area contributed by atoms with Crippen LogP contribution in [0.3, 0.4) is 0 Å². The third-order valence-electron chi connectivity index (χ3n) is 4.00. The number of ether oxygens (including phenoxy) is 1. The molecule has 6 nitrogen and oxygen atoms in total. The number of hydrogen-bond acceptors (Lipinski definition) is 4. The molecule has 0 radical (unpaired) electrons. The summed E-state index contributed by atoms with van der Waals surface area (Å²) < 4.78 is 32.6. The maximum Gasteiger partial charge on any atom is 0.407 e. The van der Waals surface area contributed by atoms with E-state index in [4.69, 9.17) is 4.74 Å². The van der Waals surface area contributed by atoms with Crippen LogP contribution < -0.4 is 10.0 Å². The molecule has 2 aromatic carbocycles. The van der Waals surface area contributed by atoms with E-state index in [1.54, 1.807) is 42.5 Å². The second-order valence-corrected chi connectivity index (χ2v) is 7.43. The Bertz CT molecular complexity index is 876. The van der Waals surface area contributed by atoms with Crippen molar-refractivity contribution >= 4 is 21.8 Å². The molecular formula is C17H18N2O4S. The first-order valence-electron chi connectivity index (χ1n) is 7.50. The van der Waals surface area contributed by atoms with Crippen molar-refractivity contribution < 1.29 is 17.9 Å². The highest BCUT2D eigenvalue weighted by molar-refractivity contribution is 7.92. The van der Waals surface area contributed by atoms with E-state index in [-0.39, 0.29) is 11.0 Å². The van der Waals surface area contributed by atoms with Crippen molar-refractivity contribution in [2.24, 2.45) is 0 Å². The van der Waals surface area contributed by atoms with E-state index < -0.39 is 16.1 Å². The van der Waals surface area contributed by atoms with E-state index in [2.05, 4.69) is 10.0 Å². The minimum atomic E-state index is -3.64. The van der Waals surface area contributed by atoms with Crippen LogP contribution in [-0.4, -0.2) is 21.1 Å². The van der Waals surface area contributed by atoms with Crippen LogP contribution in [0, 0.1) is 13.8 Å². The summed E-state index contributed by atoms with van der Waals surface area (Å²) in [4.78, 5) is 11.3. The summed E-state index contributed by atoms with van der Waals surface area (Å²) in [6.07, 6.45) is -0.789. The molecule has 1 aliphatic heterocycles. The van der Waals surface area contributed by atoms with Crippen molar-refractivity contribution in [1.82, 2.24) is 5.32 Å². The first-order chi connectivity index (χ1) is 11.3. The molecule has 24 heavy (non-hydrogen) atoms. The van der Waals surface area contributed by atoms with Gasteiger partial charge in [-0.05, 0) is 54.8 Å². The summed E-state index contributed by atoms with van der Waals surface area (Å²) in [5.41, 5.74) is 3.22. The lowest BCUT2D eigenvalue weighted by molar-refractivity contribution is 0.141. The Morgan fingerprint density at radius 3 is 2.38 bits per heavy atom. The van der Waals surface area contributed by atoms with Crippen molar-refractivity contribution in [2.45, 2.75) is 24.8 Å². The predicted molar refractivity (Wildman–Crippen MR) is 90.4 cm³/mol. The zero-order valence-corrected chi connectivity index (χ0v) is 14.2. The summed E-state index contributed by atoms with van der Waals surface area (Å²) in [6.45, 7) is 4.22. The number of nitrogens with one attached hydrogen (secondary N) is 2. The van der Waals surface area contributed by atoms with Gasteiger partial charge >= 0.3 is 6.09 Å². The number of anilines is 1. The molecule has 1 heterocycles.